The fourth-order valence-electron chi connectivity index (χ4n) is 2.71. The third kappa shape index (κ3) is 6.38. The summed E-state index contributed by atoms with van der Waals surface area (Å²) < 4.78 is 6.04. The Morgan fingerprint density at radius 2 is 2.00 bits per heavy atom. The fourth-order valence-corrected chi connectivity index (χ4v) is 4.27. The van der Waals surface area contributed by atoms with Gasteiger partial charge in [0.15, 0.2) is 4.34 Å². The summed E-state index contributed by atoms with van der Waals surface area (Å²) in [6, 6.07) is 13.9. The van der Waals surface area contributed by atoms with Crippen LogP contribution in [0.4, 0.5) is 5.13 Å². The molecule has 2 heterocycles. The Balaban J connectivity index is 1.49. The Labute approximate surface area is 173 Å². The summed E-state index contributed by atoms with van der Waals surface area (Å²) in [5.41, 5.74) is 1.13. The first-order valence-corrected chi connectivity index (χ1v) is 11.0. The molecule has 0 radical (unpaired) electrons. The molecule has 0 spiro atoms. The first-order valence-electron chi connectivity index (χ1n) is 9.17. The van der Waals surface area contributed by atoms with Crippen molar-refractivity contribution in [2.45, 2.75) is 37.2 Å². The number of thioether (sulfide) groups is 1. The Morgan fingerprint density at radius 1 is 1.18 bits per heavy atom. The maximum Gasteiger partial charge on any atom is 0.230 e. The fraction of sp³-hybridized carbons (Fsp3) is 0.350. The maximum atomic E-state index is 12.5. The lowest BCUT2D eigenvalue weighted by Crippen LogP contribution is -2.30. The molecule has 1 atom stereocenters. The minimum absolute atomic E-state index is 0.000187. The number of amides is 1. The Morgan fingerprint density at radius 3 is 2.71 bits per heavy atom. The number of nitrogens with one attached hydrogen (secondary N) is 2. The molecule has 0 saturated carbocycles. The third-order valence-electron chi connectivity index (χ3n) is 3.97. The summed E-state index contributed by atoms with van der Waals surface area (Å²) in [7, 11) is 0. The lowest BCUT2D eigenvalue weighted by Gasteiger charge is -2.21. The molecule has 0 fully saturated rings. The highest BCUT2D eigenvalue weighted by molar-refractivity contribution is 8.01. The lowest BCUT2D eigenvalue weighted by molar-refractivity contribution is -0.119. The van der Waals surface area contributed by atoms with Crippen molar-refractivity contribution in [2.75, 3.05) is 11.1 Å². The maximum absolute atomic E-state index is 12.5. The normalized spacial score (nSPS) is 12.1. The number of anilines is 1. The van der Waals surface area contributed by atoms with Gasteiger partial charge in [0.1, 0.15) is 5.76 Å². The van der Waals surface area contributed by atoms with Gasteiger partial charge in [-0.25, -0.2) is 0 Å². The first-order chi connectivity index (χ1) is 13.6. The summed E-state index contributed by atoms with van der Waals surface area (Å²) in [6.45, 7) is 4.88. The van der Waals surface area contributed by atoms with Gasteiger partial charge in [0.2, 0.25) is 11.0 Å². The van der Waals surface area contributed by atoms with Crippen molar-refractivity contribution < 1.29 is 9.21 Å². The molecule has 6 nitrogen and oxygen atoms in total. The molecular formula is C20H24N4O2S2. The zero-order valence-corrected chi connectivity index (χ0v) is 17.6. The second-order valence-electron chi connectivity index (χ2n) is 6.76. The average molecular weight is 417 g/mol. The number of nitrogens with zero attached hydrogens (tertiary/aromatic N) is 2. The van der Waals surface area contributed by atoms with E-state index in [1.54, 1.807) is 6.26 Å². The van der Waals surface area contributed by atoms with Gasteiger partial charge in [0.05, 0.1) is 24.6 Å². The van der Waals surface area contributed by atoms with E-state index < -0.39 is 0 Å². The summed E-state index contributed by atoms with van der Waals surface area (Å²) in [5, 5.41) is 15.3. The molecule has 8 heteroatoms. The van der Waals surface area contributed by atoms with Gasteiger partial charge in [0.25, 0.3) is 0 Å². The number of rotatable bonds is 10. The van der Waals surface area contributed by atoms with E-state index in [9.17, 15) is 4.79 Å². The minimum Gasteiger partial charge on any atom is -0.467 e. The molecule has 0 aliphatic heterocycles. The second-order valence-corrected chi connectivity index (χ2v) is 8.96. The number of carbonyl (C=O) groups excluding carboxylic acids is 1. The van der Waals surface area contributed by atoms with E-state index in [1.165, 1.54) is 23.1 Å². The molecule has 1 aromatic carbocycles. The Kier molecular flexibility index (Phi) is 7.50. The van der Waals surface area contributed by atoms with Crippen LogP contribution in [0.15, 0.2) is 57.5 Å². The predicted octanol–water partition coefficient (Wildman–Crippen LogP) is 4.74. The molecule has 0 unspecified atom stereocenters. The van der Waals surface area contributed by atoms with Crippen molar-refractivity contribution in [1.29, 1.82) is 0 Å². The van der Waals surface area contributed by atoms with Crippen molar-refractivity contribution in [3.8, 4) is 0 Å². The number of aromatic nitrogens is 2. The van der Waals surface area contributed by atoms with E-state index in [0.29, 0.717) is 23.3 Å². The second kappa shape index (κ2) is 10.3. The van der Waals surface area contributed by atoms with Gasteiger partial charge in [-0.05, 0) is 30.0 Å². The van der Waals surface area contributed by atoms with Gasteiger partial charge < -0.3 is 15.1 Å². The molecule has 2 aromatic heterocycles. The number of furan rings is 1. The highest BCUT2D eigenvalue weighted by Gasteiger charge is 2.17. The molecule has 2 N–H and O–H groups in total. The van der Waals surface area contributed by atoms with Crippen LogP contribution >= 0.6 is 23.1 Å². The van der Waals surface area contributed by atoms with E-state index in [-0.39, 0.29) is 11.9 Å². The SMILES string of the molecule is CC(C)C[C@@H](NC(=O)CSc1nnc(NCc2ccco2)s1)c1ccccc1. The summed E-state index contributed by atoms with van der Waals surface area (Å²) >= 11 is 2.83. The van der Waals surface area contributed by atoms with Gasteiger partial charge in [-0.15, -0.1) is 10.2 Å². The van der Waals surface area contributed by atoms with Gasteiger partial charge in [-0.3, -0.25) is 4.79 Å². The van der Waals surface area contributed by atoms with Gasteiger partial charge in [0, 0.05) is 0 Å². The molecule has 3 aromatic rings. The quantitative estimate of drug-likeness (QED) is 0.465. The molecule has 28 heavy (non-hydrogen) atoms. The van der Waals surface area contributed by atoms with Crippen LogP contribution in [0.2, 0.25) is 0 Å². The molecule has 3 rings (SSSR count). The summed E-state index contributed by atoms with van der Waals surface area (Å²) in [4.78, 5) is 12.5. The number of hydrogen-bond acceptors (Lipinski definition) is 7. The van der Waals surface area contributed by atoms with Crippen LogP contribution in [-0.4, -0.2) is 21.9 Å². The monoisotopic (exact) mass is 416 g/mol. The molecule has 148 valence electrons. The molecular weight excluding hydrogens is 392 g/mol. The van der Waals surface area contributed by atoms with E-state index >= 15 is 0 Å². The summed E-state index contributed by atoms with van der Waals surface area (Å²) in [6.07, 6.45) is 2.54. The zero-order valence-electron chi connectivity index (χ0n) is 15.9. The molecule has 0 saturated heterocycles. The van der Waals surface area contributed by atoms with Crippen LogP contribution in [0.25, 0.3) is 0 Å². The first kappa shape index (κ1) is 20.4. The standard InChI is InChI=1S/C20H24N4O2S2/c1-14(2)11-17(15-7-4-3-5-8-15)22-18(25)13-27-20-24-23-19(28-20)21-12-16-9-6-10-26-16/h3-10,14,17H,11-13H2,1-2H3,(H,21,23)(H,22,25)/t17-/m1/s1. The lowest BCUT2D eigenvalue weighted by atomic mass is 9.97. The van der Waals surface area contributed by atoms with Crippen molar-refractivity contribution in [1.82, 2.24) is 15.5 Å². The van der Waals surface area contributed by atoms with Crippen LogP contribution < -0.4 is 10.6 Å². The average Bonchev–Trinajstić information content (AvgIpc) is 3.36. The van der Waals surface area contributed by atoms with E-state index in [4.69, 9.17) is 4.42 Å². The molecule has 0 bridgehead atoms. The third-order valence-corrected chi connectivity index (χ3v) is 5.99. The minimum atomic E-state index is -0.000187. The zero-order chi connectivity index (χ0) is 19.8. The van der Waals surface area contributed by atoms with Crippen LogP contribution in [0.1, 0.15) is 37.6 Å². The van der Waals surface area contributed by atoms with E-state index in [2.05, 4.69) is 46.8 Å². The van der Waals surface area contributed by atoms with Crippen molar-refractivity contribution in [3.63, 3.8) is 0 Å². The van der Waals surface area contributed by atoms with Crippen molar-refractivity contribution >= 4 is 34.1 Å². The number of hydrogen-bond donors (Lipinski definition) is 2. The summed E-state index contributed by atoms with van der Waals surface area (Å²) in [5.74, 6) is 1.64. The highest BCUT2D eigenvalue weighted by Crippen LogP contribution is 2.26. The van der Waals surface area contributed by atoms with Gasteiger partial charge >= 0.3 is 0 Å². The van der Waals surface area contributed by atoms with Gasteiger partial charge in [-0.2, -0.15) is 0 Å². The molecule has 0 aliphatic rings. The van der Waals surface area contributed by atoms with E-state index in [0.717, 1.165) is 22.1 Å². The smallest absolute Gasteiger partial charge is 0.230 e. The molecule has 0 aliphatic carbocycles. The van der Waals surface area contributed by atoms with Crippen LogP contribution in [0.3, 0.4) is 0 Å². The molecule has 1 amide bonds. The predicted molar refractivity (Wildman–Crippen MR) is 113 cm³/mol. The Bertz CT molecular complexity index is 850. The van der Waals surface area contributed by atoms with Crippen LogP contribution in [0.5, 0.6) is 0 Å². The topological polar surface area (TPSA) is 80.0 Å². The van der Waals surface area contributed by atoms with Crippen molar-refractivity contribution in [2.24, 2.45) is 5.92 Å². The number of carbonyl (C=O) groups is 1. The highest BCUT2D eigenvalue weighted by atomic mass is 32.2. The van der Waals surface area contributed by atoms with Gasteiger partial charge in [-0.1, -0.05) is 67.3 Å². The largest absolute Gasteiger partial charge is 0.467 e. The van der Waals surface area contributed by atoms with Crippen LogP contribution in [0, 0.1) is 5.92 Å². The number of benzene rings is 1. The van der Waals surface area contributed by atoms with Crippen LogP contribution in [-0.2, 0) is 11.3 Å². The van der Waals surface area contributed by atoms with Crippen molar-refractivity contribution in [3.05, 3.63) is 60.1 Å². The Hall–Kier alpha value is -2.32. The van der Waals surface area contributed by atoms with E-state index in [1.807, 2.05) is 30.3 Å².